The van der Waals surface area contributed by atoms with Crippen molar-refractivity contribution >= 4 is 5.97 Å². The molecule has 0 aliphatic rings. The van der Waals surface area contributed by atoms with Crippen LogP contribution >= 0.6 is 0 Å². The minimum absolute atomic E-state index is 0.296. The van der Waals surface area contributed by atoms with Crippen LogP contribution in [0.1, 0.15) is 11.8 Å². The van der Waals surface area contributed by atoms with Crippen LogP contribution in [0, 0.1) is 0 Å². The van der Waals surface area contributed by atoms with Gasteiger partial charge in [0.2, 0.25) is 0 Å². The summed E-state index contributed by atoms with van der Waals surface area (Å²) in [5.41, 5.74) is 0.296. The van der Waals surface area contributed by atoms with Crippen LogP contribution in [-0.4, -0.2) is 28.0 Å². The predicted molar refractivity (Wildman–Crippen MR) is 40.2 cm³/mol. The lowest BCUT2D eigenvalue weighted by atomic mass is 10.3. The van der Waals surface area contributed by atoms with Crippen LogP contribution in [0.4, 0.5) is 0 Å². The molecule has 0 radical (unpaired) electrons. The first-order valence-electron chi connectivity index (χ1n) is 3.40. The topological polar surface area (TPSA) is 64.3 Å². The number of aromatic nitrogens is 2. The molecule has 1 heterocycles. The molecule has 0 saturated heterocycles. The molecular weight excluding hydrogens is 160 g/mol. The fourth-order valence-electron chi connectivity index (χ4n) is 0.811. The summed E-state index contributed by atoms with van der Waals surface area (Å²) in [6.45, 7) is 0. The standard InChI is InChI=1S/C7H10N2O3/c1-9-4-3-5(8-9)6(10)7(11)12-2/h3-4,6,10H,1-2H3. The van der Waals surface area contributed by atoms with E-state index < -0.39 is 12.1 Å². The second kappa shape index (κ2) is 3.36. The zero-order valence-corrected chi connectivity index (χ0v) is 6.89. The summed E-state index contributed by atoms with van der Waals surface area (Å²) < 4.78 is 5.84. The molecule has 1 aromatic rings. The highest BCUT2D eigenvalue weighted by molar-refractivity contribution is 5.75. The Balaban J connectivity index is 2.77. The molecule has 0 aliphatic heterocycles. The number of rotatable bonds is 2. The third kappa shape index (κ3) is 1.62. The first-order valence-corrected chi connectivity index (χ1v) is 3.40. The SMILES string of the molecule is COC(=O)C(O)c1ccn(C)n1. The van der Waals surface area contributed by atoms with E-state index in [9.17, 15) is 9.90 Å². The molecule has 1 rings (SSSR count). The Labute approximate surface area is 69.6 Å². The second-order valence-electron chi connectivity index (χ2n) is 2.34. The number of aliphatic hydroxyl groups excluding tert-OH is 1. The smallest absolute Gasteiger partial charge is 0.341 e. The van der Waals surface area contributed by atoms with E-state index in [-0.39, 0.29) is 0 Å². The summed E-state index contributed by atoms with van der Waals surface area (Å²) in [6, 6.07) is 1.56. The third-order valence-corrected chi connectivity index (χ3v) is 1.44. The molecule has 1 atom stereocenters. The summed E-state index contributed by atoms with van der Waals surface area (Å²) in [6.07, 6.45) is 0.359. The van der Waals surface area contributed by atoms with Crippen molar-refractivity contribution in [1.82, 2.24) is 9.78 Å². The van der Waals surface area contributed by atoms with Gasteiger partial charge in [0.05, 0.1) is 7.11 Å². The first-order chi connectivity index (χ1) is 5.65. The lowest BCUT2D eigenvalue weighted by Gasteiger charge is -2.03. The monoisotopic (exact) mass is 170 g/mol. The highest BCUT2D eigenvalue weighted by Gasteiger charge is 2.19. The van der Waals surface area contributed by atoms with Gasteiger partial charge in [0.1, 0.15) is 5.69 Å². The van der Waals surface area contributed by atoms with E-state index >= 15 is 0 Å². The minimum Gasteiger partial charge on any atom is -0.467 e. The van der Waals surface area contributed by atoms with E-state index in [1.165, 1.54) is 11.8 Å². The lowest BCUT2D eigenvalue weighted by molar-refractivity contribution is -0.150. The van der Waals surface area contributed by atoms with Crippen LogP contribution in [0.3, 0.4) is 0 Å². The van der Waals surface area contributed by atoms with E-state index in [0.29, 0.717) is 5.69 Å². The molecule has 5 heteroatoms. The van der Waals surface area contributed by atoms with Gasteiger partial charge in [0.25, 0.3) is 0 Å². The molecule has 0 aromatic carbocycles. The van der Waals surface area contributed by atoms with Crippen molar-refractivity contribution < 1.29 is 14.6 Å². The van der Waals surface area contributed by atoms with Crippen LogP contribution < -0.4 is 0 Å². The van der Waals surface area contributed by atoms with Crippen molar-refractivity contribution in [3.63, 3.8) is 0 Å². The van der Waals surface area contributed by atoms with E-state index in [0.717, 1.165) is 0 Å². The van der Waals surface area contributed by atoms with Gasteiger partial charge in [-0.05, 0) is 6.07 Å². The summed E-state index contributed by atoms with van der Waals surface area (Å²) >= 11 is 0. The van der Waals surface area contributed by atoms with Crippen LogP contribution in [0.2, 0.25) is 0 Å². The fraction of sp³-hybridized carbons (Fsp3) is 0.429. The van der Waals surface area contributed by atoms with Gasteiger partial charge in [0.15, 0.2) is 6.10 Å². The van der Waals surface area contributed by atoms with Gasteiger partial charge in [0, 0.05) is 13.2 Å². The molecule has 12 heavy (non-hydrogen) atoms. The average Bonchev–Trinajstić information content (AvgIpc) is 2.49. The summed E-state index contributed by atoms with van der Waals surface area (Å²) in [5, 5.41) is 13.1. The maximum absolute atomic E-state index is 10.8. The molecule has 1 aromatic heterocycles. The largest absolute Gasteiger partial charge is 0.467 e. The zero-order valence-electron chi connectivity index (χ0n) is 6.89. The number of carbonyl (C=O) groups excluding carboxylic acids is 1. The van der Waals surface area contributed by atoms with E-state index in [4.69, 9.17) is 0 Å². The van der Waals surface area contributed by atoms with Crippen molar-refractivity contribution in [2.75, 3.05) is 7.11 Å². The van der Waals surface area contributed by atoms with E-state index in [2.05, 4.69) is 9.84 Å². The van der Waals surface area contributed by atoms with Gasteiger partial charge >= 0.3 is 5.97 Å². The van der Waals surface area contributed by atoms with Crippen LogP contribution in [-0.2, 0) is 16.6 Å². The van der Waals surface area contributed by atoms with Gasteiger partial charge in [-0.15, -0.1) is 0 Å². The van der Waals surface area contributed by atoms with Crippen LogP contribution in [0.15, 0.2) is 12.3 Å². The Bertz CT molecular complexity index is 282. The number of esters is 1. The summed E-state index contributed by atoms with van der Waals surface area (Å²) in [7, 11) is 2.92. The Hall–Kier alpha value is -1.36. The van der Waals surface area contributed by atoms with Crippen molar-refractivity contribution in [3.05, 3.63) is 18.0 Å². The van der Waals surface area contributed by atoms with Gasteiger partial charge in [-0.3, -0.25) is 4.68 Å². The first kappa shape index (κ1) is 8.73. The number of carbonyl (C=O) groups is 1. The summed E-state index contributed by atoms with van der Waals surface area (Å²) in [5.74, 6) is -0.700. The normalized spacial score (nSPS) is 12.6. The second-order valence-corrected chi connectivity index (χ2v) is 2.34. The molecule has 0 saturated carbocycles. The highest BCUT2D eigenvalue weighted by atomic mass is 16.5. The number of ether oxygens (including phenoxy) is 1. The number of nitrogens with zero attached hydrogens (tertiary/aromatic N) is 2. The van der Waals surface area contributed by atoms with Gasteiger partial charge < -0.3 is 9.84 Å². The van der Waals surface area contributed by atoms with Crippen molar-refractivity contribution in [2.45, 2.75) is 6.10 Å². The third-order valence-electron chi connectivity index (χ3n) is 1.44. The minimum atomic E-state index is -1.28. The summed E-state index contributed by atoms with van der Waals surface area (Å²) in [4.78, 5) is 10.8. The number of aliphatic hydroxyl groups is 1. The van der Waals surface area contributed by atoms with Gasteiger partial charge in [-0.25, -0.2) is 4.79 Å². The maximum atomic E-state index is 10.8. The molecule has 0 spiro atoms. The Morgan fingerprint density at radius 3 is 2.92 bits per heavy atom. The molecule has 0 amide bonds. The average molecular weight is 170 g/mol. The molecule has 66 valence electrons. The predicted octanol–water partition coefficient (Wildman–Crippen LogP) is -0.374. The quantitative estimate of drug-likeness (QED) is 0.615. The van der Waals surface area contributed by atoms with Crippen LogP contribution in [0.25, 0.3) is 0 Å². The molecular formula is C7H10N2O3. The molecule has 1 N–H and O–H groups in total. The Kier molecular flexibility index (Phi) is 2.44. The fourth-order valence-corrected chi connectivity index (χ4v) is 0.811. The molecule has 5 nitrogen and oxygen atoms in total. The van der Waals surface area contributed by atoms with Gasteiger partial charge in [-0.2, -0.15) is 5.10 Å². The number of hydrogen-bond donors (Lipinski definition) is 1. The van der Waals surface area contributed by atoms with E-state index in [1.54, 1.807) is 19.3 Å². The number of hydrogen-bond acceptors (Lipinski definition) is 4. The van der Waals surface area contributed by atoms with Crippen molar-refractivity contribution in [3.8, 4) is 0 Å². The molecule has 0 bridgehead atoms. The van der Waals surface area contributed by atoms with Crippen molar-refractivity contribution in [1.29, 1.82) is 0 Å². The zero-order chi connectivity index (χ0) is 9.14. The maximum Gasteiger partial charge on any atom is 0.341 e. The lowest BCUT2D eigenvalue weighted by Crippen LogP contribution is -2.14. The van der Waals surface area contributed by atoms with Crippen molar-refractivity contribution in [2.24, 2.45) is 7.05 Å². The molecule has 0 fully saturated rings. The number of methoxy groups -OCH3 is 1. The van der Waals surface area contributed by atoms with E-state index in [1.807, 2.05) is 0 Å². The van der Waals surface area contributed by atoms with Crippen LogP contribution in [0.5, 0.6) is 0 Å². The Morgan fingerprint density at radius 2 is 2.50 bits per heavy atom. The van der Waals surface area contributed by atoms with Gasteiger partial charge in [-0.1, -0.05) is 0 Å². The highest BCUT2D eigenvalue weighted by Crippen LogP contribution is 2.10. The molecule has 0 aliphatic carbocycles. The number of aryl methyl sites for hydroxylation is 1. The molecule has 1 unspecified atom stereocenters. The Morgan fingerprint density at radius 1 is 1.83 bits per heavy atom.